The lowest BCUT2D eigenvalue weighted by Gasteiger charge is -2.15. The largest absolute Gasteiger partial charge is 0.454 e. The van der Waals surface area contributed by atoms with Gasteiger partial charge in [-0.05, 0) is 42.7 Å². The Kier molecular flexibility index (Phi) is 3.90. The predicted molar refractivity (Wildman–Crippen MR) is 87.2 cm³/mol. The molecule has 124 valence electrons. The third-order valence-corrected chi connectivity index (χ3v) is 4.20. The molecular formula is C17H18N4O3. The van der Waals surface area contributed by atoms with Gasteiger partial charge >= 0.3 is 0 Å². The molecular weight excluding hydrogens is 308 g/mol. The molecule has 1 aromatic heterocycles. The second kappa shape index (κ2) is 6.35. The van der Waals surface area contributed by atoms with Crippen LogP contribution in [0.25, 0.3) is 0 Å². The van der Waals surface area contributed by atoms with E-state index in [0.717, 1.165) is 30.2 Å². The molecule has 2 aliphatic heterocycles. The van der Waals surface area contributed by atoms with Crippen molar-refractivity contribution in [3.8, 4) is 11.5 Å². The van der Waals surface area contributed by atoms with Crippen LogP contribution in [0.4, 0.5) is 5.82 Å². The van der Waals surface area contributed by atoms with Gasteiger partial charge in [0, 0.05) is 19.6 Å². The number of nitrogens with one attached hydrogen (secondary N) is 1. The molecule has 2 aliphatic rings. The van der Waals surface area contributed by atoms with Crippen LogP contribution in [0, 0.1) is 0 Å². The van der Waals surface area contributed by atoms with Gasteiger partial charge in [-0.3, -0.25) is 4.79 Å². The number of fused-ring (bicyclic) bond motifs is 1. The second-order valence-electron chi connectivity index (χ2n) is 5.84. The number of benzene rings is 1. The number of aromatic nitrogens is 2. The van der Waals surface area contributed by atoms with Gasteiger partial charge < -0.3 is 19.7 Å². The van der Waals surface area contributed by atoms with E-state index in [2.05, 4.69) is 20.4 Å². The van der Waals surface area contributed by atoms with Crippen molar-refractivity contribution in [2.24, 2.45) is 0 Å². The van der Waals surface area contributed by atoms with Gasteiger partial charge in [0.15, 0.2) is 23.0 Å². The van der Waals surface area contributed by atoms with Crippen LogP contribution < -0.4 is 19.7 Å². The molecule has 1 N–H and O–H groups in total. The number of anilines is 1. The van der Waals surface area contributed by atoms with E-state index in [0.29, 0.717) is 18.0 Å². The number of hydrogen-bond donors (Lipinski definition) is 1. The smallest absolute Gasteiger partial charge is 0.272 e. The van der Waals surface area contributed by atoms with Gasteiger partial charge in [0.25, 0.3) is 5.91 Å². The summed E-state index contributed by atoms with van der Waals surface area (Å²) < 4.78 is 10.6. The Morgan fingerprint density at radius 3 is 2.71 bits per heavy atom. The minimum atomic E-state index is -0.242. The quantitative estimate of drug-likeness (QED) is 0.922. The predicted octanol–water partition coefficient (Wildman–Crippen LogP) is 1.74. The zero-order chi connectivity index (χ0) is 16.4. The Labute approximate surface area is 139 Å². The fourth-order valence-corrected chi connectivity index (χ4v) is 2.89. The molecule has 4 rings (SSSR count). The summed E-state index contributed by atoms with van der Waals surface area (Å²) in [6.07, 6.45) is 2.36. The lowest BCUT2D eigenvalue weighted by Crippen LogP contribution is -2.25. The summed E-state index contributed by atoms with van der Waals surface area (Å²) in [6.45, 7) is 2.64. The van der Waals surface area contributed by atoms with Crippen molar-refractivity contribution in [2.45, 2.75) is 19.4 Å². The van der Waals surface area contributed by atoms with Gasteiger partial charge in [0.05, 0.1) is 0 Å². The molecule has 0 saturated carbocycles. The lowest BCUT2D eigenvalue weighted by atomic mass is 10.2. The highest BCUT2D eigenvalue weighted by Gasteiger charge is 2.16. The van der Waals surface area contributed by atoms with Crippen LogP contribution in [0.15, 0.2) is 30.3 Å². The van der Waals surface area contributed by atoms with Gasteiger partial charge in [0.2, 0.25) is 6.79 Å². The highest BCUT2D eigenvalue weighted by atomic mass is 16.7. The standard InChI is InChI=1S/C17H18N4O3/c22-17(13-4-6-16(20-19-13)21-7-1-2-8-21)18-10-12-3-5-14-15(9-12)24-11-23-14/h3-6,9H,1-2,7-8,10-11H2,(H,18,22). The Hall–Kier alpha value is -2.83. The van der Waals surface area contributed by atoms with Crippen molar-refractivity contribution < 1.29 is 14.3 Å². The minimum absolute atomic E-state index is 0.240. The van der Waals surface area contributed by atoms with E-state index in [4.69, 9.17) is 9.47 Å². The number of carbonyl (C=O) groups excluding carboxylic acids is 1. The van der Waals surface area contributed by atoms with Crippen LogP contribution in [-0.2, 0) is 6.54 Å². The first kappa shape index (κ1) is 14.7. The maximum absolute atomic E-state index is 12.2. The number of ether oxygens (including phenoxy) is 2. The molecule has 0 bridgehead atoms. The maximum atomic E-state index is 12.2. The van der Waals surface area contributed by atoms with Crippen molar-refractivity contribution in [3.05, 3.63) is 41.6 Å². The number of nitrogens with zero attached hydrogens (tertiary/aromatic N) is 3. The first-order chi connectivity index (χ1) is 11.8. The van der Waals surface area contributed by atoms with Crippen molar-refractivity contribution in [1.82, 2.24) is 15.5 Å². The van der Waals surface area contributed by atoms with Crippen molar-refractivity contribution in [1.29, 1.82) is 0 Å². The second-order valence-corrected chi connectivity index (χ2v) is 5.84. The molecule has 1 aromatic carbocycles. The highest BCUT2D eigenvalue weighted by Crippen LogP contribution is 2.32. The first-order valence-corrected chi connectivity index (χ1v) is 8.05. The average molecular weight is 326 g/mol. The fraction of sp³-hybridized carbons (Fsp3) is 0.353. The monoisotopic (exact) mass is 326 g/mol. The molecule has 0 radical (unpaired) electrons. The van der Waals surface area contributed by atoms with Crippen molar-refractivity contribution in [2.75, 3.05) is 24.8 Å². The maximum Gasteiger partial charge on any atom is 0.272 e. The van der Waals surface area contributed by atoms with Crippen molar-refractivity contribution in [3.63, 3.8) is 0 Å². The van der Waals surface area contributed by atoms with Gasteiger partial charge in [-0.2, -0.15) is 0 Å². The van der Waals surface area contributed by atoms with Crippen LogP contribution in [0.2, 0.25) is 0 Å². The summed E-state index contributed by atoms with van der Waals surface area (Å²) in [4.78, 5) is 14.4. The Morgan fingerprint density at radius 2 is 1.92 bits per heavy atom. The van der Waals surface area contributed by atoms with Gasteiger partial charge in [0.1, 0.15) is 0 Å². The number of amides is 1. The topological polar surface area (TPSA) is 76.6 Å². The van der Waals surface area contributed by atoms with E-state index < -0.39 is 0 Å². The van der Waals surface area contributed by atoms with Crippen molar-refractivity contribution >= 4 is 11.7 Å². The SMILES string of the molecule is O=C(NCc1ccc2c(c1)OCO2)c1ccc(N2CCCC2)nn1. The third-order valence-electron chi connectivity index (χ3n) is 4.20. The normalized spacial score (nSPS) is 15.6. The number of rotatable bonds is 4. The zero-order valence-electron chi connectivity index (χ0n) is 13.2. The van der Waals surface area contributed by atoms with Gasteiger partial charge in [-0.25, -0.2) is 0 Å². The zero-order valence-corrected chi connectivity index (χ0v) is 13.2. The molecule has 7 heteroatoms. The molecule has 0 atom stereocenters. The molecule has 0 aliphatic carbocycles. The third kappa shape index (κ3) is 2.97. The van der Waals surface area contributed by atoms with E-state index in [1.54, 1.807) is 6.07 Å². The molecule has 7 nitrogen and oxygen atoms in total. The van der Waals surface area contributed by atoms with Crippen LogP contribution in [0.3, 0.4) is 0 Å². The molecule has 1 fully saturated rings. The van der Waals surface area contributed by atoms with E-state index in [1.165, 1.54) is 12.8 Å². The van der Waals surface area contributed by atoms with Crippen LogP contribution >= 0.6 is 0 Å². The van der Waals surface area contributed by atoms with E-state index in [1.807, 2.05) is 24.3 Å². The molecule has 2 aromatic rings. The molecule has 1 amide bonds. The molecule has 0 unspecified atom stereocenters. The Bertz CT molecular complexity index is 742. The average Bonchev–Trinajstić information content (AvgIpc) is 3.31. The molecule has 3 heterocycles. The fourth-order valence-electron chi connectivity index (χ4n) is 2.89. The molecule has 0 spiro atoms. The van der Waals surface area contributed by atoms with E-state index in [9.17, 15) is 4.79 Å². The molecule has 24 heavy (non-hydrogen) atoms. The molecule has 1 saturated heterocycles. The summed E-state index contributed by atoms with van der Waals surface area (Å²) in [5.41, 5.74) is 1.26. The summed E-state index contributed by atoms with van der Waals surface area (Å²) in [7, 11) is 0. The van der Waals surface area contributed by atoms with Crippen LogP contribution in [-0.4, -0.2) is 36.0 Å². The minimum Gasteiger partial charge on any atom is -0.454 e. The van der Waals surface area contributed by atoms with E-state index >= 15 is 0 Å². The summed E-state index contributed by atoms with van der Waals surface area (Å²) in [6, 6.07) is 9.18. The Morgan fingerprint density at radius 1 is 1.08 bits per heavy atom. The summed E-state index contributed by atoms with van der Waals surface area (Å²) in [5.74, 6) is 2.03. The Balaban J connectivity index is 1.37. The summed E-state index contributed by atoms with van der Waals surface area (Å²) in [5, 5.41) is 11.1. The van der Waals surface area contributed by atoms with Crippen LogP contribution in [0.5, 0.6) is 11.5 Å². The lowest BCUT2D eigenvalue weighted by molar-refractivity contribution is 0.0945. The van der Waals surface area contributed by atoms with E-state index in [-0.39, 0.29) is 12.7 Å². The van der Waals surface area contributed by atoms with Gasteiger partial charge in [-0.15, -0.1) is 10.2 Å². The number of hydrogen-bond acceptors (Lipinski definition) is 6. The van der Waals surface area contributed by atoms with Gasteiger partial charge in [-0.1, -0.05) is 6.07 Å². The van der Waals surface area contributed by atoms with Crippen LogP contribution in [0.1, 0.15) is 28.9 Å². The summed E-state index contributed by atoms with van der Waals surface area (Å²) >= 11 is 0. The first-order valence-electron chi connectivity index (χ1n) is 8.05. The highest BCUT2D eigenvalue weighted by molar-refractivity contribution is 5.92. The number of carbonyl (C=O) groups is 1.